The number of anilines is 1. The molecular weight excluding hydrogens is 364 g/mol. The van der Waals surface area contributed by atoms with E-state index in [2.05, 4.69) is 15.3 Å². The SMILES string of the molecule is CN=C(N)Nc1cccc(Cc2ccc(OC)cc2)n1.O=C(O)/C=C\C(=O)O. The van der Waals surface area contributed by atoms with Gasteiger partial charge in [0, 0.05) is 31.3 Å². The first kappa shape index (κ1) is 22.2. The Morgan fingerprint density at radius 1 is 1.14 bits per heavy atom. The van der Waals surface area contributed by atoms with Gasteiger partial charge in [-0.2, -0.15) is 0 Å². The molecule has 9 nitrogen and oxygen atoms in total. The number of nitrogens with one attached hydrogen (secondary N) is 1. The van der Waals surface area contributed by atoms with Gasteiger partial charge in [-0.25, -0.2) is 14.6 Å². The van der Waals surface area contributed by atoms with Gasteiger partial charge in [0.15, 0.2) is 5.96 Å². The molecule has 0 aliphatic heterocycles. The predicted molar refractivity (Wildman–Crippen MR) is 106 cm³/mol. The second kappa shape index (κ2) is 11.7. The van der Waals surface area contributed by atoms with Gasteiger partial charge in [-0.05, 0) is 29.8 Å². The van der Waals surface area contributed by atoms with Gasteiger partial charge >= 0.3 is 11.9 Å². The van der Waals surface area contributed by atoms with E-state index in [1.807, 2.05) is 42.5 Å². The summed E-state index contributed by atoms with van der Waals surface area (Å²) in [5.74, 6) is -0.623. The number of carbonyl (C=O) groups is 2. The lowest BCUT2D eigenvalue weighted by atomic mass is 10.1. The maximum absolute atomic E-state index is 9.55. The van der Waals surface area contributed by atoms with Crippen LogP contribution in [0.4, 0.5) is 5.82 Å². The van der Waals surface area contributed by atoms with Gasteiger partial charge in [-0.15, -0.1) is 0 Å². The number of nitrogens with two attached hydrogens (primary N) is 1. The summed E-state index contributed by atoms with van der Waals surface area (Å²) >= 11 is 0. The monoisotopic (exact) mass is 386 g/mol. The smallest absolute Gasteiger partial charge is 0.328 e. The van der Waals surface area contributed by atoms with Gasteiger partial charge in [0.05, 0.1) is 7.11 Å². The van der Waals surface area contributed by atoms with Crippen molar-refractivity contribution in [2.24, 2.45) is 10.7 Å². The predicted octanol–water partition coefficient (Wildman–Crippen LogP) is 1.75. The Hall–Kier alpha value is -3.88. The van der Waals surface area contributed by atoms with Crippen LogP contribution in [0.25, 0.3) is 0 Å². The second-order valence-corrected chi connectivity index (χ2v) is 5.28. The van der Waals surface area contributed by atoms with Gasteiger partial charge < -0.3 is 26.0 Å². The fraction of sp³-hybridized carbons (Fsp3) is 0.158. The Balaban J connectivity index is 0.000000416. The van der Waals surface area contributed by atoms with Crippen LogP contribution in [0, 0.1) is 0 Å². The topological polar surface area (TPSA) is 147 Å². The zero-order valence-electron chi connectivity index (χ0n) is 15.5. The summed E-state index contributed by atoms with van der Waals surface area (Å²) < 4.78 is 5.14. The molecule has 28 heavy (non-hydrogen) atoms. The van der Waals surface area contributed by atoms with Crippen LogP contribution in [0.15, 0.2) is 59.6 Å². The fourth-order valence-corrected chi connectivity index (χ4v) is 1.93. The molecule has 0 unspecified atom stereocenters. The number of guanidine groups is 1. The van der Waals surface area contributed by atoms with Crippen LogP contribution in [0.5, 0.6) is 5.75 Å². The number of nitrogens with zero attached hydrogens (tertiary/aromatic N) is 2. The number of carboxylic acids is 2. The normalized spacial score (nSPS) is 10.7. The van der Waals surface area contributed by atoms with Crippen LogP contribution in [0.2, 0.25) is 0 Å². The van der Waals surface area contributed by atoms with Gasteiger partial charge in [0.2, 0.25) is 0 Å². The van der Waals surface area contributed by atoms with Crippen molar-refractivity contribution in [1.82, 2.24) is 4.98 Å². The summed E-state index contributed by atoms with van der Waals surface area (Å²) in [7, 11) is 3.29. The van der Waals surface area contributed by atoms with E-state index in [0.29, 0.717) is 23.9 Å². The number of carboxylic acid groups (broad SMARTS) is 2. The van der Waals surface area contributed by atoms with Crippen molar-refractivity contribution < 1.29 is 24.5 Å². The lowest BCUT2D eigenvalue weighted by molar-refractivity contribution is -0.134. The van der Waals surface area contributed by atoms with E-state index < -0.39 is 11.9 Å². The van der Waals surface area contributed by atoms with Gasteiger partial charge in [-0.3, -0.25) is 4.99 Å². The number of methoxy groups -OCH3 is 1. The largest absolute Gasteiger partial charge is 0.497 e. The highest BCUT2D eigenvalue weighted by atomic mass is 16.5. The number of ether oxygens (including phenoxy) is 1. The third kappa shape index (κ3) is 8.99. The molecule has 0 saturated carbocycles. The molecule has 0 amide bonds. The highest BCUT2D eigenvalue weighted by Gasteiger charge is 2.01. The molecule has 148 valence electrons. The molecule has 1 aromatic carbocycles. The number of aromatic nitrogens is 1. The Morgan fingerprint density at radius 3 is 2.25 bits per heavy atom. The van der Waals surface area contributed by atoms with E-state index in [4.69, 9.17) is 20.7 Å². The van der Waals surface area contributed by atoms with Crippen LogP contribution in [0.1, 0.15) is 11.3 Å². The number of aliphatic imine (C=N–C) groups is 1. The molecule has 0 aliphatic rings. The molecule has 2 rings (SSSR count). The van der Waals surface area contributed by atoms with Crippen molar-refractivity contribution in [2.75, 3.05) is 19.5 Å². The minimum Gasteiger partial charge on any atom is -0.497 e. The van der Waals surface area contributed by atoms with Crippen LogP contribution in [-0.4, -0.2) is 47.3 Å². The maximum Gasteiger partial charge on any atom is 0.328 e. The summed E-state index contributed by atoms with van der Waals surface area (Å²) in [4.78, 5) is 27.4. The number of hydrogen-bond donors (Lipinski definition) is 4. The van der Waals surface area contributed by atoms with E-state index in [1.165, 1.54) is 5.56 Å². The summed E-state index contributed by atoms with van der Waals surface area (Å²) in [6.45, 7) is 0. The van der Waals surface area contributed by atoms with Crippen molar-refractivity contribution >= 4 is 23.7 Å². The van der Waals surface area contributed by atoms with Crippen molar-refractivity contribution in [3.8, 4) is 5.75 Å². The first-order valence-corrected chi connectivity index (χ1v) is 8.06. The molecule has 5 N–H and O–H groups in total. The summed E-state index contributed by atoms with van der Waals surface area (Å²) in [6.07, 6.45) is 1.87. The lowest BCUT2D eigenvalue weighted by Gasteiger charge is -2.07. The van der Waals surface area contributed by atoms with Gasteiger partial charge in [0.25, 0.3) is 0 Å². The molecule has 0 spiro atoms. The molecule has 2 aromatic rings. The van der Waals surface area contributed by atoms with Crippen LogP contribution >= 0.6 is 0 Å². The number of benzene rings is 1. The number of aliphatic carboxylic acids is 2. The van der Waals surface area contributed by atoms with E-state index >= 15 is 0 Å². The number of rotatable bonds is 6. The molecule has 0 bridgehead atoms. The first-order valence-electron chi connectivity index (χ1n) is 8.06. The lowest BCUT2D eigenvalue weighted by Crippen LogP contribution is -2.22. The molecule has 0 atom stereocenters. The Morgan fingerprint density at radius 2 is 1.75 bits per heavy atom. The van der Waals surface area contributed by atoms with Gasteiger partial charge in [-0.1, -0.05) is 18.2 Å². The van der Waals surface area contributed by atoms with Gasteiger partial charge in [0.1, 0.15) is 11.6 Å². The second-order valence-electron chi connectivity index (χ2n) is 5.28. The van der Waals surface area contributed by atoms with Crippen molar-refractivity contribution in [1.29, 1.82) is 0 Å². The summed E-state index contributed by atoms with van der Waals surface area (Å²) in [5.41, 5.74) is 7.76. The molecule has 0 radical (unpaired) electrons. The summed E-state index contributed by atoms with van der Waals surface area (Å²) in [5, 5.41) is 18.6. The average Bonchev–Trinajstić information content (AvgIpc) is 2.67. The maximum atomic E-state index is 9.55. The third-order valence-corrected chi connectivity index (χ3v) is 3.22. The first-order chi connectivity index (χ1) is 13.3. The highest BCUT2D eigenvalue weighted by molar-refractivity contribution is 5.91. The quantitative estimate of drug-likeness (QED) is 0.333. The van der Waals surface area contributed by atoms with E-state index in [0.717, 1.165) is 17.9 Å². The number of hydrogen-bond acceptors (Lipinski definition) is 5. The third-order valence-electron chi connectivity index (χ3n) is 3.22. The van der Waals surface area contributed by atoms with E-state index in [9.17, 15) is 9.59 Å². The molecule has 0 fully saturated rings. The minimum atomic E-state index is -1.26. The molecule has 1 aromatic heterocycles. The zero-order valence-corrected chi connectivity index (χ0v) is 15.5. The van der Waals surface area contributed by atoms with Crippen LogP contribution in [0.3, 0.4) is 0 Å². The molecule has 9 heteroatoms. The van der Waals surface area contributed by atoms with Crippen molar-refractivity contribution in [3.05, 3.63) is 65.9 Å². The highest BCUT2D eigenvalue weighted by Crippen LogP contribution is 2.15. The van der Waals surface area contributed by atoms with E-state index in [-0.39, 0.29) is 0 Å². The van der Waals surface area contributed by atoms with Crippen LogP contribution < -0.4 is 15.8 Å². The van der Waals surface area contributed by atoms with Crippen LogP contribution in [-0.2, 0) is 16.0 Å². The zero-order chi connectivity index (χ0) is 20.9. The Kier molecular flexibility index (Phi) is 9.25. The average molecular weight is 386 g/mol. The van der Waals surface area contributed by atoms with Crippen molar-refractivity contribution in [2.45, 2.75) is 6.42 Å². The summed E-state index contributed by atoms with van der Waals surface area (Å²) in [6, 6.07) is 13.7. The fourth-order valence-electron chi connectivity index (χ4n) is 1.93. The Bertz CT molecular complexity index is 832. The molecule has 0 aliphatic carbocycles. The molecule has 1 heterocycles. The number of pyridine rings is 1. The van der Waals surface area contributed by atoms with E-state index in [1.54, 1.807) is 14.2 Å². The molecule has 0 saturated heterocycles. The Labute approximate surface area is 162 Å². The molecular formula is C19H22N4O5. The van der Waals surface area contributed by atoms with Crippen molar-refractivity contribution in [3.63, 3.8) is 0 Å². The standard InChI is InChI=1S/C15H18N4O.C4H4O4/c1-17-15(16)19-14-5-3-4-12(18-14)10-11-6-8-13(20-2)9-7-11;5-3(6)1-2-4(7)8/h3-9H,10H2,1-2H3,(H3,16,17,18,19);1-2H,(H,5,6)(H,7,8)/b;2-1-. The minimum absolute atomic E-state index is 0.346.